The summed E-state index contributed by atoms with van der Waals surface area (Å²) in [6.07, 6.45) is -3.50. The molecule has 19 nitrogen and oxygen atoms in total. The number of aliphatic carboxylic acids is 2. The number of carbonyl (C=O) groups excluding carboxylic acids is 6. The lowest BCUT2D eigenvalue weighted by molar-refractivity contribution is -0.143. The minimum Gasteiger partial charge on any atom is -0.481 e. The molecule has 0 heterocycles. The molecule has 0 unspecified atom stereocenters. The van der Waals surface area contributed by atoms with Crippen molar-refractivity contribution in [1.29, 1.82) is 0 Å². The van der Waals surface area contributed by atoms with E-state index in [0.717, 1.165) is 6.92 Å². The smallest absolute Gasteiger partial charge is 0.326 e. The van der Waals surface area contributed by atoms with Crippen LogP contribution in [-0.4, -0.2) is 118 Å². The molecule has 0 bridgehead atoms. The van der Waals surface area contributed by atoms with E-state index in [1.54, 1.807) is 0 Å². The molecule has 0 aliphatic rings. The van der Waals surface area contributed by atoms with Crippen LogP contribution in [0.25, 0.3) is 0 Å². The van der Waals surface area contributed by atoms with Gasteiger partial charge in [-0.2, -0.15) is 0 Å². The first-order valence-electron chi connectivity index (χ1n) is 11.3. The summed E-state index contributed by atoms with van der Waals surface area (Å²) in [5.41, 5.74) is 10.2. The van der Waals surface area contributed by atoms with E-state index in [1.165, 1.54) is 0 Å². The zero-order valence-corrected chi connectivity index (χ0v) is 20.8. The van der Waals surface area contributed by atoms with Crippen LogP contribution in [0.2, 0.25) is 0 Å². The van der Waals surface area contributed by atoms with Gasteiger partial charge in [0.15, 0.2) is 0 Å². The normalized spacial score (nSPS) is 14.4. The zero-order valence-electron chi connectivity index (χ0n) is 20.8. The van der Waals surface area contributed by atoms with Crippen LogP contribution < -0.4 is 38.1 Å². The standard InChI is InChI=1S/C20H33N7O12/c1-8(29)16(27-14(32)6-23-13(31)5-21)19(37)26-11(7-28)18(36)25-10(4-12(22)30)17(35)24-9(20(38)39)2-3-15(33)34/h8-11,16,28-29H,2-7,21H2,1H3,(H2,22,30)(H,23,31)(H,24,35)(H,25,36)(H,26,37)(H,27,32)(H,33,34)(H,38,39)/t8-,9+,10+,11+,16+/m1/s1. The highest BCUT2D eigenvalue weighted by molar-refractivity contribution is 5.97. The Morgan fingerprint density at radius 3 is 1.79 bits per heavy atom. The lowest BCUT2D eigenvalue weighted by atomic mass is 10.1. The van der Waals surface area contributed by atoms with Crippen molar-refractivity contribution in [3.8, 4) is 0 Å². The van der Waals surface area contributed by atoms with Crippen LogP contribution in [0.15, 0.2) is 0 Å². The number of amides is 6. The Labute approximate surface area is 221 Å². The summed E-state index contributed by atoms with van der Waals surface area (Å²) < 4.78 is 0. The predicted molar refractivity (Wildman–Crippen MR) is 127 cm³/mol. The van der Waals surface area contributed by atoms with Crippen LogP contribution >= 0.6 is 0 Å². The number of carbonyl (C=O) groups is 8. The van der Waals surface area contributed by atoms with Crippen LogP contribution in [0.4, 0.5) is 0 Å². The molecule has 220 valence electrons. The fraction of sp³-hybridized carbons (Fsp3) is 0.600. The van der Waals surface area contributed by atoms with Gasteiger partial charge in [-0.05, 0) is 13.3 Å². The monoisotopic (exact) mass is 563 g/mol. The first kappa shape index (κ1) is 34.6. The van der Waals surface area contributed by atoms with Gasteiger partial charge in [0.1, 0.15) is 24.2 Å². The molecule has 0 fully saturated rings. The number of nitrogens with two attached hydrogens (primary N) is 2. The molecule has 0 aromatic carbocycles. The number of primary amides is 1. The molecular formula is C20H33N7O12. The van der Waals surface area contributed by atoms with Crippen molar-refractivity contribution in [1.82, 2.24) is 26.6 Å². The number of carboxylic acid groups (broad SMARTS) is 2. The summed E-state index contributed by atoms with van der Waals surface area (Å²) in [5, 5.41) is 47.6. The molecule has 0 aromatic rings. The molecule has 0 saturated heterocycles. The summed E-state index contributed by atoms with van der Waals surface area (Å²) in [4.78, 5) is 94.3. The highest BCUT2D eigenvalue weighted by Crippen LogP contribution is 2.02. The summed E-state index contributed by atoms with van der Waals surface area (Å²) in [6.45, 7) is -0.946. The van der Waals surface area contributed by atoms with E-state index in [9.17, 15) is 53.7 Å². The van der Waals surface area contributed by atoms with Crippen molar-refractivity contribution in [3.05, 3.63) is 0 Å². The Morgan fingerprint density at radius 2 is 1.33 bits per heavy atom. The Morgan fingerprint density at radius 1 is 0.795 bits per heavy atom. The predicted octanol–water partition coefficient (Wildman–Crippen LogP) is -6.80. The molecule has 6 amide bonds. The molecule has 0 spiro atoms. The molecule has 5 atom stereocenters. The van der Waals surface area contributed by atoms with Crippen LogP contribution in [0.3, 0.4) is 0 Å². The summed E-state index contributed by atoms with van der Waals surface area (Å²) in [6, 6.07) is -6.94. The van der Waals surface area contributed by atoms with Gasteiger partial charge in [-0.25, -0.2) is 4.79 Å². The fourth-order valence-corrected chi connectivity index (χ4v) is 2.82. The van der Waals surface area contributed by atoms with E-state index in [-0.39, 0.29) is 0 Å². The van der Waals surface area contributed by atoms with Crippen molar-refractivity contribution in [3.63, 3.8) is 0 Å². The second-order valence-corrected chi connectivity index (χ2v) is 8.07. The van der Waals surface area contributed by atoms with Gasteiger partial charge in [0.25, 0.3) is 0 Å². The molecule has 0 radical (unpaired) electrons. The third-order valence-corrected chi connectivity index (χ3v) is 4.83. The number of aliphatic hydroxyl groups excluding tert-OH is 2. The lowest BCUT2D eigenvalue weighted by Crippen LogP contribution is -2.61. The Hall–Kier alpha value is -4.36. The van der Waals surface area contributed by atoms with Gasteiger partial charge in [-0.15, -0.1) is 0 Å². The summed E-state index contributed by atoms with van der Waals surface area (Å²) in [5.74, 6) is -9.24. The summed E-state index contributed by atoms with van der Waals surface area (Å²) >= 11 is 0. The van der Waals surface area contributed by atoms with Crippen LogP contribution in [0, 0.1) is 0 Å². The summed E-state index contributed by atoms with van der Waals surface area (Å²) in [7, 11) is 0. The minimum absolute atomic E-state index is 0.408. The molecule has 19 heteroatoms. The first-order chi connectivity index (χ1) is 18.1. The van der Waals surface area contributed by atoms with E-state index < -0.39 is 117 Å². The largest absolute Gasteiger partial charge is 0.481 e. The Kier molecular flexibility index (Phi) is 15.3. The first-order valence-corrected chi connectivity index (χ1v) is 11.3. The molecule has 0 rings (SSSR count). The Bertz CT molecular complexity index is 942. The maximum Gasteiger partial charge on any atom is 0.326 e. The van der Waals surface area contributed by atoms with Crippen molar-refractivity contribution < 1.29 is 58.8 Å². The highest BCUT2D eigenvalue weighted by atomic mass is 16.4. The van der Waals surface area contributed by atoms with Crippen molar-refractivity contribution in [2.45, 2.75) is 56.5 Å². The average Bonchev–Trinajstić information content (AvgIpc) is 2.84. The number of hydrogen-bond acceptors (Lipinski definition) is 11. The molecule has 0 aliphatic carbocycles. The van der Waals surface area contributed by atoms with Crippen molar-refractivity contribution in [2.75, 3.05) is 19.7 Å². The van der Waals surface area contributed by atoms with Gasteiger partial charge in [0, 0.05) is 6.42 Å². The number of aliphatic hydroxyl groups is 2. The highest BCUT2D eigenvalue weighted by Gasteiger charge is 2.33. The van der Waals surface area contributed by atoms with E-state index in [4.69, 9.17) is 16.6 Å². The van der Waals surface area contributed by atoms with Gasteiger partial charge >= 0.3 is 11.9 Å². The second-order valence-electron chi connectivity index (χ2n) is 8.07. The quantitative estimate of drug-likeness (QED) is 0.0739. The van der Waals surface area contributed by atoms with E-state index in [1.807, 2.05) is 16.0 Å². The van der Waals surface area contributed by atoms with Crippen LogP contribution in [0.1, 0.15) is 26.2 Å². The number of carboxylic acids is 2. The molecule has 0 aliphatic heterocycles. The average molecular weight is 564 g/mol. The van der Waals surface area contributed by atoms with Crippen molar-refractivity contribution >= 4 is 47.4 Å². The lowest BCUT2D eigenvalue weighted by Gasteiger charge is -2.25. The topological polar surface area (TPSA) is 330 Å². The molecule has 0 aromatic heterocycles. The molecule has 39 heavy (non-hydrogen) atoms. The zero-order chi connectivity index (χ0) is 30.3. The molecular weight excluding hydrogens is 530 g/mol. The fourth-order valence-electron chi connectivity index (χ4n) is 2.82. The number of hydrogen-bond donors (Lipinski definition) is 11. The number of nitrogens with one attached hydrogen (secondary N) is 5. The molecule has 13 N–H and O–H groups in total. The second kappa shape index (κ2) is 17.2. The third kappa shape index (κ3) is 13.7. The van der Waals surface area contributed by atoms with Gasteiger partial charge < -0.3 is 58.5 Å². The maximum absolute atomic E-state index is 12.6. The van der Waals surface area contributed by atoms with Gasteiger partial charge in [-0.3, -0.25) is 33.6 Å². The van der Waals surface area contributed by atoms with Crippen LogP contribution in [0.5, 0.6) is 0 Å². The SMILES string of the molecule is C[C@@H](O)[C@H](NC(=O)CNC(=O)CN)C(=O)N[C@@H](CO)C(=O)N[C@@H](CC(N)=O)C(=O)N[C@@H](CCC(=O)O)C(=O)O. The van der Waals surface area contributed by atoms with Crippen molar-refractivity contribution in [2.24, 2.45) is 11.5 Å². The van der Waals surface area contributed by atoms with Crippen LogP contribution in [-0.2, 0) is 38.4 Å². The Balaban J connectivity index is 5.47. The third-order valence-electron chi connectivity index (χ3n) is 4.83. The van der Waals surface area contributed by atoms with E-state index in [2.05, 4.69) is 10.6 Å². The van der Waals surface area contributed by atoms with E-state index in [0.29, 0.717) is 0 Å². The van der Waals surface area contributed by atoms with Gasteiger partial charge in [-0.1, -0.05) is 0 Å². The van der Waals surface area contributed by atoms with E-state index >= 15 is 0 Å². The minimum atomic E-state index is -1.79. The molecule has 0 saturated carbocycles. The van der Waals surface area contributed by atoms with Gasteiger partial charge in [0.2, 0.25) is 35.4 Å². The maximum atomic E-state index is 12.6. The van der Waals surface area contributed by atoms with Gasteiger partial charge in [0.05, 0.1) is 32.2 Å². The number of rotatable bonds is 18.